The van der Waals surface area contributed by atoms with Gasteiger partial charge in [0.05, 0.1) is 19.3 Å². The van der Waals surface area contributed by atoms with Crippen molar-refractivity contribution < 1.29 is 4.74 Å². The average molecular weight is 335 g/mol. The molecule has 0 atom stereocenters. The van der Waals surface area contributed by atoms with Crippen molar-refractivity contribution in [2.75, 3.05) is 12.4 Å². The fourth-order valence-electron chi connectivity index (χ4n) is 2.15. The first-order valence-electron chi connectivity index (χ1n) is 6.52. The van der Waals surface area contributed by atoms with Gasteiger partial charge in [0, 0.05) is 28.0 Å². The third kappa shape index (κ3) is 3.51. The van der Waals surface area contributed by atoms with Crippen LogP contribution in [-0.4, -0.2) is 12.1 Å². The lowest BCUT2D eigenvalue weighted by Gasteiger charge is -2.11. The van der Waals surface area contributed by atoms with Crippen molar-refractivity contribution in [1.82, 2.24) is 4.98 Å². The smallest absolute Gasteiger partial charge is 0.122 e. The molecule has 1 aromatic heterocycles. The normalized spacial score (nSPS) is 10.4. The Balaban J connectivity index is 2.14. The van der Waals surface area contributed by atoms with Gasteiger partial charge in [-0.1, -0.05) is 15.9 Å². The van der Waals surface area contributed by atoms with E-state index < -0.39 is 0 Å². The Morgan fingerprint density at radius 3 is 2.35 bits per heavy atom. The van der Waals surface area contributed by atoms with Crippen molar-refractivity contribution in [3.05, 3.63) is 51.3 Å². The Hall–Kier alpha value is -1.55. The Labute approximate surface area is 128 Å². The highest BCUT2D eigenvalue weighted by Gasteiger charge is 2.04. The Morgan fingerprint density at radius 1 is 1.10 bits per heavy atom. The number of aromatic nitrogens is 1. The summed E-state index contributed by atoms with van der Waals surface area (Å²) in [5.41, 5.74) is 5.49. The molecule has 0 unspecified atom stereocenters. The van der Waals surface area contributed by atoms with Crippen LogP contribution in [0.3, 0.4) is 0 Å². The minimum absolute atomic E-state index is 0.679. The molecule has 0 aliphatic carbocycles. The molecule has 0 bridgehead atoms. The summed E-state index contributed by atoms with van der Waals surface area (Å²) in [5.74, 6) is 0.845. The summed E-state index contributed by atoms with van der Waals surface area (Å²) in [6.07, 6.45) is 0. The van der Waals surface area contributed by atoms with Crippen molar-refractivity contribution >= 4 is 21.6 Å². The molecule has 0 amide bonds. The van der Waals surface area contributed by atoms with Gasteiger partial charge in [0.15, 0.2) is 0 Å². The third-order valence-electron chi connectivity index (χ3n) is 3.13. The zero-order valence-electron chi connectivity index (χ0n) is 12.2. The highest BCUT2D eigenvalue weighted by molar-refractivity contribution is 9.10. The minimum Gasteiger partial charge on any atom is -0.497 e. The lowest BCUT2D eigenvalue weighted by atomic mass is 10.1. The van der Waals surface area contributed by atoms with E-state index in [1.54, 1.807) is 7.11 Å². The lowest BCUT2D eigenvalue weighted by molar-refractivity contribution is 0.413. The number of benzene rings is 1. The van der Waals surface area contributed by atoms with Crippen molar-refractivity contribution in [1.29, 1.82) is 0 Å². The second-order valence-corrected chi connectivity index (χ2v) is 5.71. The molecule has 0 fully saturated rings. The molecule has 2 aromatic rings. The Kier molecular flexibility index (Phi) is 4.65. The van der Waals surface area contributed by atoms with Crippen LogP contribution in [0.4, 0.5) is 5.69 Å². The highest BCUT2D eigenvalue weighted by Crippen LogP contribution is 2.25. The molecule has 0 radical (unpaired) electrons. The monoisotopic (exact) mass is 334 g/mol. The largest absolute Gasteiger partial charge is 0.497 e. The molecule has 0 aliphatic heterocycles. The molecule has 20 heavy (non-hydrogen) atoms. The molecular weight excluding hydrogens is 316 g/mol. The van der Waals surface area contributed by atoms with E-state index in [9.17, 15) is 0 Å². The number of halogens is 1. The van der Waals surface area contributed by atoms with Crippen LogP contribution < -0.4 is 10.1 Å². The highest BCUT2D eigenvalue weighted by atomic mass is 79.9. The van der Waals surface area contributed by atoms with E-state index in [0.29, 0.717) is 6.54 Å². The van der Waals surface area contributed by atoms with E-state index in [1.807, 2.05) is 19.1 Å². The summed E-state index contributed by atoms with van der Waals surface area (Å²) in [6, 6.07) is 8.14. The topological polar surface area (TPSA) is 34.1 Å². The van der Waals surface area contributed by atoms with Crippen molar-refractivity contribution in [2.24, 2.45) is 0 Å². The molecule has 3 nitrogen and oxygen atoms in total. The molecule has 4 heteroatoms. The Bertz CT molecular complexity index is 603. The van der Waals surface area contributed by atoms with Crippen LogP contribution in [0, 0.1) is 20.8 Å². The minimum atomic E-state index is 0.679. The number of nitrogens with one attached hydrogen (secondary N) is 1. The third-order valence-corrected chi connectivity index (χ3v) is 4.38. The van der Waals surface area contributed by atoms with Crippen molar-refractivity contribution in [3.8, 4) is 5.75 Å². The summed E-state index contributed by atoms with van der Waals surface area (Å²) in [5, 5.41) is 3.41. The molecule has 0 spiro atoms. The number of nitrogens with zero attached hydrogens (tertiary/aromatic N) is 1. The first-order chi connectivity index (χ1) is 9.49. The van der Waals surface area contributed by atoms with Crippen LogP contribution >= 0.6 is 15.9 Å². The molecule has 106 valence electrons. The summed E-state index contributed by atoms with van der Waals surface area (Å²) >= 11 is 3.58. The van der Waals surface area contributed by atoms with Gasteiger partial charge >= 0.3 is 0 Å². The summed E-state index contributed by atoms with van der Waals surface area (Å²) in [7, 11) is 1.67. The van der Waals surface area contributed by atoms with Gasteiger partial charge in [0.1, 0.15) is 5.75 Å². The maximum Gasteiger partial charge on any atom is 0.122 e. The van der Waals surface area contributed by atoms with E-state index in [0.717, 1.165) is 22.8 Å². The predicted molar refractivity (Wildman–Crippen MR) is 86.5 cm³/mol. The number of methoxy groups -OCH3 is 1. The molecule has 1 N–H and O–H groups in total. The molecule has 0 aliphatic rings. The molecule has 1 heterocycles. The van der Waals surface area contributed by atoms with Crippen molar-refractivity contribution in [3.63, 3.8) is 0 Å². The molecule has 1 aromatic carbocycles. The number of hydrogen-bond donors (Lipinski definition) is 1. The standard InChI is InChI=1S/C16H19BrN2O/c1-10-5-13(6-11(2)16(10)17)18-9-14-8-15(20-4)7-12(3)19-14/h5-8,18H,9H2,1-4H3. The van der Waals surface area contributed by atoms with Crippen LogP contribution in [0.25, 0.3) is 0 Å². The van der Waals surface area contributed by atoms with Crippen LogP contribution in [0.2, 0.25) is 0 Å². The molecule has 0 saturated heterocycles. The number of ether oxygens (including phenoxy) is 1. The number of anilines is 1. The van der Waals surface area contributed by atoms with Gasteiger partial charge in [-0.2, -0.15) is 0 Å². The fourth-order valence-corrected chi connectivity index (χ4v) is 2.38. The zero-order chi connectivity index (χ0) is 14.7. The number of rotatable bonds is 4. The van der Waals surface area contributed by atoms with Crippen LogP contribution in [0.5, 0.6) is 5.75 Å². The second kappa shape index (κ2) is 6.27. The first kappa shape index (κ1) is 14.9. The molecule has 0 saturated carbocycles. The first-order valence-corrected chi connectivity index (χ1v) is 7.31. The molecule has 2 rings (SSSR count). The van der Waals surface area contributed by atoms with Crippen LogP contribution in [-0.2, 0) is 6.54 Å². The molecular formula is C16H19BrN2O. The van der Waals surface area contributed by atoms with E-state index in [1.165, 1.54) is 15.6 Å². The van der Waals surface area contributed by atoms with E-state index >= 15 is 0 Å². The summed E-state index contributed by atoms with van der Waals surface area (Å²) in [6.45, 7) is 6.84. The average Bonchev–Trinajstić information content (AvgIpc) is 2.41. The van der Waals surface area contributed by atoms with Gasteiger partial charge in [-0.15, -0.1) is 0 Å². The number of hydrogen-bond acceptors (Lipinski definition) is 3. The van der Waals surface area contributed by atoms with Gasteiger partial charge in [-0.05, 0) is 44.0 Å². The van der Waals surface area contributed by atoms with E-state index in [2.05, 4.69) is 52.2 Å². The second-order valence-electron chi connectivity index (χ2n) is 4.92. The zero-order valence-corrected chi connectivity index (χ0v) is 13.8. The van der Waals surface area contributed by atoms with Crippen LogP contribution in [0.15, 0.2) is 28.7 Å². The predicted octanol–water partition coefficient (Wildman–Crippen LogP) is 4.39. The van der Waals surface area contributed by atoms with Gasteiger partial charge in [-0.25, -0.2) is 0 Å². The van der Waals surface area contributed by atoms with Gasteiger partial charge < -0.3 is 10.1 Å². The maximum atomic E-state index is 5.27. The fraction of sp³-hybridized carbons (Fsp3) is 0.312. The quantitative estimate of drug-likeness (QED) is 0.900. The van der Waals surface area contributed by atoms with E-state index in [4.69, 9.17) is 4.74 Å². The Morgan fingerprint density at radius 2 is 1.75 bits per heavy atom. The lowest BCUT2D eigenvalue weighted by Crippen LogP contribution is -2.04. The van der Waals surface area contributed by atoms with Gasteiger partial charge in [0.2, 0.25) is 0 Å². The van der Waals surface area contributed by atoms with Crippen molar-refractivity contribution in [2.45, 2.75) is 27.3 Å². The maximum absolute atomic E-state index is 5.27. The number of pyridine rings is 1. The van der Waals surface area contributed by atoms with Crippen LogP contribution in [0.1, 0.15) is 22.5 Å². The van der Waals surface area contributed by atoms with E-state index in [-0.39, 0.29) is 0 Å². The summed E-state index contributed by atoms with van der Waals surface area (Å²) < 4.78 is 6.43. The van der Waals surface area contributed by atoms with Gasteiger partial charge in [0.25, 0.3) is 0 Å². The SMILES string of the molecule is COc1cc(C)nc(CNc2cc(C)c(Br)c(C)c2)c1. The van der Waals surface area contributed by atoms with Gasteiger partial charge in [-0.3, -0.25) is 4.98 Å². The number of aryl methyl sites for hydroxylation is 3. The summed E-state index contributed by atoms with van der Waals surface area (Å²) in [4.78, 5) is 4.51.